The van der Waals surface area contributed by atoms with Gasteiger partial charge in [0.25, 0.3) is 0 Å². The van der Waals surface area contributed by atoms with Crippen LogP contribution in [0.25, 0.3) is 0 Å². The molecule has 1 aromatic heterocycles. The van der Waals surface area contributed by atoms with Gasteiger partial charge >= 0.3 is 5.97 Å². The largest absolute Gasteiger partial charge is 0.481 e. The van der Waals surface area contributed by atoms with Gasteiger partial charge in [-0.05, 0) is 49.1 Å². The first-order valence-electron chi connectivity index (χ1n) is 7.17. The lowest BCUT2D eigenvalue weighted by Gasteiger charge is -2.25. The van der Waals surface area contributed by atoms with Crippen LogP contribution in [0.3, 0.4) is 0 Å². The number of carboxylic acid groups (broad SMARTS) is 1. The smallest absolute Gasteiger partial charge is 0.306 e. The minimum Gasteiger partial charge on any atom is -0.481 e. The number of thiophene rings is 1. The van der Waals surface area contributed by atoms with Crippen molar-refractivity contribution in [2.24, 2.45) is 11.8 Å². The predicted octanol–water partition coefficient (Wildman–Crippen LogP) is 2.82. The first-order valence-corrected chi connectivity index (χ1v) is 8.05. The maximum Gasteiger partial charge on any atom is 0.306 e. The number of aliphatic carboxylic acids is 1. The summed E-state index contributed by atoms with van der Waals surface area (Å²) >= 11 is 1.67. The van der Waals surface area contributed by atoms with Crippen molar-refractivity contribution >= 4 is 23.2 Å². The lowest BCUT2D eigenvalue weighted by Crippen LogP contribution is -2.34. The SMILES string of the molecule is CCc1ccsc1CNC(=O)C1CCC(C(=O)O)CC1. The van der Waals surface area contributed by atoms with E-state index in [2.05, 4.69) is 23.7 Å². The summed E-state index contributed by atoms with van der Waals surface area (Å²) in [6.07, 6.45) is 3.60. The van der Waals surface area contributed by atoms with Crippen LogP contribution in [0.15, 0.2) is 11.4 Å². The fraction of sp³-hybridized carbons (Fsp3) is 0.600. The highest BCUT2D eigenvalue weighted by atomic mass is 32.1. The molecule has 0 saturated heterocycles. The first kappa shape index (κ1) is 15.0. The summed E-state index contributed by atoms with van der Waals surface area (Å²) in [5.41, 5.74) is 1.30. The van der Waals surface area contributed by atoms with Crippen LogP contribution < -0.4 is 5.32 Å². The second-order valence-corrected chi connectivity index (χ2v) is 6.33. The molecule has 5 heteroatoms. The lowest BCUT2D eigenvalue weighted by molar-refractivity contribution is -0.144. The lowest BCUT2D eigenvalue weighted by atomic mass is 9.81. The molecule has 1 amide bonds. The maximum absolute atomic E-state index is 12.1. The number of carbonyl (C=O) groups is 2. The number of hydrogen-bond acceptors (Lipinski definition) is 3. The van der Waals surface area contributed by atoms with Crippen LogP contribution in [0.5, 0.6) is 0 Å². The Morgan fingerprint density at radius 2 is 1.95 bits per heavy atom. The number of rotatable bonds is 5. The molecule has 0 spiro atoms. The average Bonchev–Trinajstić information content (AvgIpc) is 2.92. The van der Waals surface area contributed by atoms with Crippen LogP contribution in [-0.2, 0) is 22.6 Å². The van der Waals surface area contributed by atoms with Gasteiger partial charge in [0.05, 0.1) is 12.5 Å². The Labute approximate surface area is 123 Å². The Morgan fingerprint density at radius 3 is 2.55 bits per heavy atom. The molecular weight excluding hydrogens is 274 g/mol. The Kier molecular flexibility index (Phi) is 5.17. The number of hydrogen-bond donors (Lipinski definition) is 2. The third-order valence-electron chi connectivity index (χ3n) is 4.09. The minimum absolute atomic E-state index is 0.0179. The third-order valence-corrected chi connectivity index (χ3v) is 5.05. The number of aryl methyl sites for hydroxylation is 1. The molecule has 0 aromatic carbocycles. The topological polar surface area (TPSA) is 66.4 Å². The van der Waals surface area contributed by atoms with Gasteiger partial charge in [-0.2, -0.15) is 0 Å². The molecule has 0 bridgehead atoms. The van der Waals surface area contributed by atoms with Crippen molar-refractivity contribution in [1.29, 1.82) is 0 Å². The van der Waals surface area contributed by atoms with Gasteiger partial charge < -0.3 is 10.4 Å². The summed E-state index contributed by atoms with van der Waals surface area (Å²) in [7, 11) is 0. The molecule has 0 atom stereocenters. The van der Waals surface area contributed by atoms with E-state index in [4.69, 9.17) is 5.11 Å². The summed E-state index contributed by atoms with van der Waals surface area (Å²) in [6.45, 7) is 2.71. The number of carboxylic acids is 1. The van der Waals surface area contributed by atoms with Gasteiger partial charge in [-0.3, -0.25) is 9.59 Å². The summed E-state index contributed by atoms with van der Waals surface area (Å²) in [6, 6.07) is 2.10. The van der Waals surface area contributed by atoms with E-state index in [0.717, 1.165) is 6.42 Å². The van der Waals surface area contributed by atoms with Crippen molar-refractivity contribution in [1.82, 2.24) is 5.32 Å². The van der Waals surface area contributed by atoms with Crippen LogP contribution in [0, 0.1) is 11.8 Å². The summed E-state index contributed by atoms with van der Waals surface area (Å²) in [4.78, 5) is 24.2. The number of amides is 1. The molecule has 4 nitrogen and oxygen atoms in total. The second-order valence-electron chi connectivity index (χ2n) is 5.33. The fourth-order valence-electron chi connectivity index (χ4n) is 2.75. The van der Waals surface area contributed by atoms with E-state index < -0.39 is 5.97 Å². The summed E-state index contributed by atoms with van der Waals surface area (Å²) < 4.78 is 0. The van der Waals surface area contributed by atoms with Crippen molar-refractivity contribution in [3.8, 4) is 0 Å². The Hall–Kier alpha value is -1.36. The molecule has 1 aliphatic rings. The average molecular weight is 295 g/mol. The predicted molar refractivity (Wildman–Crippen MR) is 78.6 cm³/mol. The minimum atomic E-state index is -0.727. The second kappa shape index (κ2) is 6.88. The zero-order chi connectivity index (χ0) is 14.5. The zero-order valence-electron chi connectivity index (χ0n) is 11.7. The Bertz CT molecular complexity index is 475. The van der Waals surface area contributed by atoms with E-state index in [1.165, 1.54) is 10.4 Å². The summed E-state index contributed by atoms with van der Waals surface area (Å²) in [5, 5.41) is 14.0. The van der Waals surface area contributed by atoms with E-state index in [1.54, 1.807) is 11.3 Å². The van der Waals surface area contributed by atoms with Gasteiger partial charge in [0.15, 0.2) is 0 Å². The van der Waals surface area contributed by atoms with E-state index in [0.29, 0.717) is 32.2 Å². The van der Waals surface area contributed by atoms with E-state index in [-0.39, 0.29) is 17.7 Å². The number of nitrogens with one attached hydrogen (secondary N) is 1. The van der Waals surface area contributed by atoms with E-state index in [1.807, 2.05) is 0 Å². The molecule has 0 unspecified atom stereocenters. The maximum atomic E-state index is 12.1. The molecule has 1 aromatic rings. The normalized spacial score (nSPS) is 22.4. The molecule has 2 rings (SSSR count). The highest BCUT2D eigenvalue weighted by molar-refractivity contribution is 7.10. The highest BCUT2D eigenvalue weighted by Crippen LogP contribution is 2.29. The third kappa shape index (κ3) is 3.60. The van der Waals surface area contributed by atoms with Gasteiger partial charge in [0.2, 0.25) is 5.91 Å². The molecule has 20 heavy (non-hydrogen) atoms. The van der Waals surface area contributed by atoms with Crippen molar-refractivity contribution in [3.05, 3.63) is 21.9 Å². The van der Waals surface area contributed by atoms with Crippen LogP contribution in [0.2, 0.25) is 0 Å². The van der Waals surface area contributed by atoms with Crippen molar-refractivity contribution in [2.45, 2.75) is 45.6 Å². The summed E-state index contributed by atoms with van der Waals surface area (Å²) in [5.74, 6) is -0.932. The number of carbonyl (C=O) groups excluding carboxylic acids is 1. The first-order chi connectivity index (χ1) is 9.61. The van der Waals surface area contributed by atoms with E-state index >= 15 is 0 Å². The molecule has 1 fully saturated rings. The van der Waals surface area contributed by atoms with Gasteiger partial charge in [-0.15, -0.1) is 11.3 Å². The van der Waals surface area contributed by atoms with Gasteiger partial charge in [0.1, 0.15) is 0 Å². The van der Waals surface area contributed by atoms with Gasteiger partial charge in [0, 0.05) is 10.8 Å². The highest BCUT2D eigenvalue weighted by Gasteiger charge is 2.29. The molecule has 1 aliphatic carbocycles. The zero-order valence-corrected chi connectivity index (χ0v) is 12.5. The molecule has 1 heterocycles. The molecule has 1 saturated carbocycles. The van der Waals surface area contributed by atoms with Gasteiger partial charge in [-0.1, -0.05) is 6.92 Å². The van der Waals surface area contributed by atoms with E-state index in [9.17, 15) is 9.59 Å². The molecule has 110 valence electrons. The molecule has 0 aliphatic heterocycles. The quantitative estimate of drug-likeness (QED) is 0.878. The standard InChI is InChI=1S/C15H21NO3S/c1-2-10-7-8-20-13(10)9-16-14(17)11-3-5-12(6-4-11)15(18)19/h7-8,11-12H,2-6,9H2,1H3,(H,16,17)(H,18,19). The van der Waals surface area contributed by atoms with Crippen LogP contribution in [0.4, 0.5) is 0 Å². The van der Waals surface area contributed by atoms with Crippen LogP contribution in [-0.4, -0.2) is 17.0 Å². The van der Waals surface area contributed by atoms with Crippen molar-refractivity contribution < 1.29 is 14.7 Å². The van der Waals surface area contributed by atoms with Crippen molar-refractivity contribution in [3.63, 3.8) is 0 Å². The van der Waals surface area contributed by atoms with Crippen LogP contribution >= 0.6 is 11.3 Å². The molecule has 2 N–H and O–H groups in total. The Balaban J connectivity index is 1.80. The molecular formula is C15H21NO3S. The van der Waals surface area contributed by atoms with Crippen LogP contribution in [0.1, 0.15) is 43.0 Å². The monoisotopic (exact) mass is 295 g/mol. The fourth-order valence-corrected chi connectivity index (χ4v) is 3.67. The van der Waals surface area contributed by atoms with Crippen molar-refractivity contribution in [2.75, 3.05) is 0 Å². The molecule has 0 radical (unpaired) electrons. The van der Waals surface area contributed by atoms with Gasteiger partial charge in [-0.25, -0.2) is 0 Å². The Morgan fingerprint density at radius 1 is 1.30 bits per heavy atom.